The predicted octanol–water partition coefficient (Wildman–Crippen LogP) is 5.81. The van der Waals surface area contributed by atoms with Crippen LogP contribution in [0, 0.1) is 11.2 Å². The quantitative estimate of drug-likeness (QED) is 0.460. The lowest BCUT2D eigenvalue weighted by atomic mass is 9.95. The molecule has 0 saturated carbocycles. The van der Waals surface area contributed by atoms with Crippen molar-refractivity contribution in [1.29, 1.82) is 0 Å². The number of halogens is 4. The standard InChI is InChI=1S/C20H17F4N3O3.C2H6/c1-19(2,18(28)29)10-30-15-6-4-11(7-13(15)21)14-5-3-12(8-25-14)17-26-9-16(27-17)20(22,23)24;1-2/h3-9H,10H2,1-2H3,(H,26,27)(H,28,29);1-2H3. The molecule has 1 aromatic carbocycles. The molecule has 0 unspecified atom stereocenters. The third kappa shape index (κ3) is 5.83. The number of hydrogen-bond donors (Lipinski definition) is 2. The number of aromatic amines is 1. The van der Waals surface area contributed by atoms with Crippen LogP contribution < -0.4 is 4.74 Å². The minimum Gasteiger partial charge on any atom is -0.489 e. The number of benzene rings is 1. The minimum atomic E-state index is -4.53. The molecule has 0 fully saturated rings. The number of carboxylic acids is 1. The number of carboxylic acid groups (broad SMARTS) is 1. The van der Waals surface area contributed by atoms with Crippen LogP contribution in [0.5, 0.6) is 5.75 Å². The second-order valence-electron chi connectivity index (χ2n) is 7.20. The van der Waals surface area contributed by atoms with Crippen molar-refractivity contribution in [3.63, 3.8) is 0 Å². The molecule has 0 amide bonds. The number of nitrogens with one attached hydrogen (secondary N) is 1. The summed E-state index contributed by atoms with van der Waals surface area (Å²) in [5.74, 6) is -1.85. The van der Waals surface area contributed by atoms with Crippen molar-refractivity contribution < 1.29 is 32.2 Å². The number of nitrogens with zero attached hydrogens (tertiary/aromatic N) is 2. The Balaban J connectivity index is 0.00000176. The van der Waals surface area contributed by atoms with E-state index in [1.165, 1.54) is 44.3 Å². The highest BCUT2D eigenvalue weighted by atomic mass is 19.4. The lowest BCUT2D eigenvalue weighted by Crippen LogP contribution is -2.30. The van der Waals surface area contributed by atoms with Gasteiger partial charge in [0.1, 0.15) is 18.1 Å². The van der Waals surface area contributed by atoms with Crippen molar-refractivity contribution in [3.05, 3.63) is 54.2 Å². The zero-order valence-electron chi connectivity index (χ0n) is 17.9. The minimum absolute atomic E-state index is 0.0114. The van der Waals surface area contributed by atoms with Crippen molar-refractivity contribution >= 4 is 5.97 Å². The Morgan fingerprint density at radius 3 is 2.22 bits per heavy atom. The summed E-state index contributed by atoms with van der Waals surface area (Å²) in [5.41, 5.74) is -1.01. The van der Waals surface area contributed by atoms with Crippen molar-refractivity contribution in [1.82, 2.24) is 15.0 Å². The van der Waals surface area contributed by atoms with Gasteiger partial charge in [0.15, 0.2) is 11.6 Å². The van der Waals surface area contributed by atoms with Gasteiger partial charge in [0.2, 0.25) is 0 Å². The number of rotatable bonds is 6. The van der Waals surface area contributed by atoms with Gasteiger partial charge in [-0.15, -0.1) is 0 Å². The topological polar surface area (TPSA) is 88.1 Å². The number of pyridine rings is 1. The lowest BCUT2D eigenvalue weighted by molar-refractivity contribution is -0.148. The highest BCUT2D eigenvalue weighted by Gasteiger charge is 2.33. The first-order chi connectivity index (χ1) is 15.0. The van der Waals surface area contributed by atoms with E-state index in [0.29, 0.717) is 23.0 Å². The van der Waals surface area contributed by atoms with Gasteiger partial charge in [-0.05, 0) is 44.2 Å². The summed E-state index contributed by atoms with van der Waals surface area (Å²) in [4.78, 5) is 21.1. The van der Waals surface area contributed by atoms with Crippen LogP contribution in [0.1, 0.15) is 33.4 Å². The van der Waals surface area contributed by atoms with E-state index < -0.39 is 29.1 Å². The highest BCUT2D eigenvalue weighted by Crippen LogP contribution is 2.30. The van der Waals surface area contributed by atoms with Crippen LogP contribution in [0.2, 0.25) is 0 Å². The molecular formula is C22H23F4N3O3. The van der Waals surface area contributed by atoms with Gasteiger partial charge in [0.25, 0.3) is 0 Å². The lowest BCUT2D eigenvalue weighted by Gasteiger charge is -2.19. The third-order valence-corrected chi connectivity index (χ3v) is 4.31. The summed E-state index contributed by atoms with van der Waals surface area (Å²) in [6, 6.07) is 7.12. The van der Waals surface area contributed by atoms with Crippen LogP contribution in [-0.4, -0.2) is 32.6 Å². The molecule has 0 spiro atoms. The van der Waals surface area contributed by atoms with Crippen molar-refractivity contribution in [2.24, 2.45) is 5.41 Å². The van der Waals surface area contributed by atoms with Crippen LogP contribution in [0.25, 0.3) is 22.6 Å². The first kappa shape index (κ1) is 24.8. The first-order valence-corrected chi connectivity index (χ1v) is 9.72. The number of alkyl halides is 3. The molecule has 2 heterocycles. The molecule has 0 aliphatic carbocycles. The molecule has 0 saturated heterocycles. The highest BCUT2D eigenvalue weighted by molar-refractivity contribution is 5.73. The van der Waals surface area contributed by atoms with Gasteiger partial charge in [0, 0.05) is 17.3 Å². The Kier molecular flexibility index (Phi) is 7.60. The van der Waals surface area contributed by atoms with Crippen molar-refractivity contribution in [2.45, 2.75) is 33.9 Å². The van der Waals surface area contributed by atoms with Gasteiger partial charge in [-0.3, -0.25) is 9.78 Å². The van der Waals surface area contributed by atoms with Crippen LogP contribution >= 0.6 is 0 Å². The Labute approximate surface area is 182 Å². The van der Waals surface area contributed by atoms with E-state index in [9.17, 15) is 22.4 Å². The smallest absolute Gasteiger partial charge is 0.432 e. The number of hydrogen-bond acceptors (Lipinski definition) is 4. The van der Waals surface area contributed by atoms with Gasteiger partial charge < -0.3 is 14.8 Å². The summed E-state index contributed by atoms with van der Waals surface area (Å²) in [6.45, 7) is 6.71. The molecule has 3 aromatic rings. The molecule has 32 heavy (non-hydrogen) atoms. The summed E-state index contributed by atoms with van der Waals surface area (Å²) in [7, 11) is 0. The van der Waals surface area contributed by atoms with Crippen molar-refractivity contribution in [3.8, 4) is 28.4 Å². The number of H-pyrrole nitrogens is 1. The van der Waals surface area contributed by atoms with Crippen LogP contribution in [0.3, 0.4) is 0 Å². The molecule has 0 bridgehead atoms. The monoisotopic (exact) mass is 453 g/mol. The van der Waals surface area contributed by atoms with Gasteiger partial charge in [-0.25, -0.2) is 9.37 Å². The van der Waals surface area contributed by atoms with E-state index in [4.69, 9.17) is 9.84 Å². The fourth-order valence-electron chi connectivity index (χ4n) is 2.41. The number of ether oxygens (including phenoxy) is 1. The molecule has 6 nitrogen and oxygen atoms in total. The SMILES string of the molecule is CC.CC(C)(COc1ccc(-c2ccc(-c3ncc(C(F)(F)F)[nH]3)cn2)cc1F)C(=O)O. The molecule has 0 aliphatic rings. The Morgan fingerprint density at radius 2 is 1.72 bits per heavy atom. The fraction of sp³-hybridized carbons (Fsp3) is 0.318. The average Bonchev–Trinajstić information content (AvgIpc) is 3.25. The summed E-state index contributed by atoms with van der Waals surface area (Å²) >= 11 is 0. The summed E-state index contributed by atoms with van der Waals surface area (Å²) in [5, 5.41) is 9.08. The molecule has 2 N–H and O–H groups in total. The molecule has 172 valence electrons. The number of aromatic nitrogens is 3. The van der Waals surface area contributed by atoms with E-state index in [0.717, 1.165) is 0 Å². The fourth-order valence-corrected chi connectivity index (χ4v) is 2.41. The zero-order chi connectivity index (χ0) is 24.1. The number of carbonyl (C=O) groups is 1. The maximum Gasteiger partial charge on any atom is 0.432 e. The van der Waals surface area contributed by atoms with Crippen LogP contribution in [0.4, 0.5) is 17.6 Å². The largest absolute Gasteiger partial charge is 0.489 e. The second kappa shape index (κ2) is 9.80. The van der Waals surface area contributed by atoms with Crippen LogP contribution in [0.15, 0.2) is 42.7 Å². The number of aliphatic carboxylic acids is 1. The molecule has 3 rings (SSSR count). The van der Waals surface area contributed by atoms with Gasteiger partial charge >= 0.3 is 12.1 Å². The summed E-state index contributed by atoms with van der Waals surface area (Å²) < 4.78 is 57.6. The van der Waals surface area contributed by atoms with E-state index in [1.54, 1.807) is 6.07 Å². The molecule has 2 aromatic heterocycles. The number of imidazole rings is 1. The van der Waals surface area contributed by atoms with E-state index in [2.05, 4.69) is 15.0 Å². The Morgan fingerprint density at radius 1 is 1.06 bits per heavy atom. The average molecular weight is 453 g/mol. The van der Waals surface area contributed by atoms with Gasteiger partial charge in [-0.2, -0.15) is 13.2 Å². The van der Waals surface area contributed by atoms with E-state index in [1.807, 2.05) is 13.8 Å². The van der Waals surface area contributed by atoms with Gasteiger partial charge in [-0.1, -0.05) is 13.8 Å². The molecule has 10 heteroatoms. The third-order valence-electron chi connectivity index (χ3n) is 4.31. The van der Waals surface area contributed by atoms with Gasteiger partial charge in [0.05, 0.1) is 17.3 Å². The van der Waals surface area contributed by atoms with Crippen molar-refractivity contribution in [2.75, 3.05) is 6.61 Å². The molecule has 0 radical (unpaired) electrons. The first-order valence-electron chi connectivity index (χ1n) is 9.72. The van der Waals surface area contributed by atoms with E-state index >= 15 is 0 Å². The molecule has 0 aliphatic heterocycles. The molecule has 0 atom stereocenters. The van der Waals surface area contributed by atoms with Crippen LogP contribution in [-0.2, 0) is 11.0 Å². The Bertz CT molecular complexity index is 1060. The predicted molar refractivity (Wildman–Crippen MR) is 110 cm³/mol. The molecular weight excluding hydrogens is 430 g/mol. The normalized spacial score (nSPS) is 11.5. The maximum atomic E-state index is 14.3. The Hall–Kier alpha value is -3.43. The summed E-state index contributed by atoms with van der Waals surface area (Å²) in [6.07, 6.45) is -2.51. The second-order valence-corrected chi connectivity index (χ2v) is 7.20. The van der Waals surface area contributed by atoms with E-state index in [-0.39, 0.29) is 18.2 Å². The zero-order valence-corrected chi connectivity index (χ0v) is 17.9. The maximum absolute atomic E-state index is 14.3.